The van der Waals surface area contributed by atoms with Gasteiger partial charge in [0.15, 0.2) is 5.78 Å². The Bertz CT molecular complexity index is 457. The van der Waals surface area contributed by atoms with Gasteiger partial charge in [-0.25, -0.2) is 8.78 Å². The van der Waals surface area contributed by atoms with E-state index in [1.807, 2.05) is 0 Å². The van der Waals surface area contributed by atoms with Gasteiger partial charge < -0.3 is 0 Å². The Kier molecular flexibility index (Phi) is 2.65. The van der Waals surface area contributed by atoms with E-state index in [0.717, 1.165) is 6.07 Å². The van der Waals surface area contributed by atoms with Crippen molar-refractivity contribution >= 4 is 16.6 Å². The number of benzene rings is 1. The molecule has 0 saturated carbocycles. The molecule has 1 aromatic carbocycles. The molecule has 1 unspecified atom stereocenters. The summed E-state index contributed by atoms with van der Waals surface area (Å²) in [5.41, 5.74) is -0.0664. The van der Waals surface area contributed by atoms with Crippen molar-refractivity contribution in [2.24, 2.45) is 0 Å². The van der Waals surface area contributed by atoms with Crippen LogP contribution in [0.5, 0.6) is 0 Å². The fourth-order valence-corrected chi connectivity index (χ4v) is 2.90. The zero-order valence-corrected chi connectivity index (χ0v) is 8.57. The number of carbonyl (C=O) groups excluding carboxylic acids is 1. The first-order valence-corrected chi connectivity index (χ1v) is 5.82. The molecule has 0 amide bonds. The van der Waals surface area contributed by atoms with E-state index < -0.39 is 22.4 Å². The number of Topliss-reactive ketones (excluding diaryl/α,β-unsaturated/α-hetero) is 1. The fourth-order valence-electron chi connectivity index (χ4n) is 1.60. The topological polar surface area (TPSA) is 34.1 Å². The largest absolute Gasteiger partial charge is 0.294 e. The van der Waals surface area contributed by atoms with Gasteiger partial charge in [-0.3, -0.25) is 9.00 Å². The van der Waals surface area contributed by atoms with E-state index >= 15 is 0 Å². The maximum Gasteiger partial charge on any atom is 0.164 e. The van der Waals surface area contributed by atoms with Crippen LogP contribution < -0.4 is 0 Å². The molecule has 0 N–H and O–H groups in total. The minimum atomic E-state index is -1.54. The highest BCUT2D eigenvalue weighted by Gasteiger charge is 2.24. The van der Waals surface area contributed by atoms with E-state index in [9.17, 15) is 17.8 Å². The number of ketones is 1. The van der Waals surface area contributed by atoms with E-state index in [1.165, 1.54) is 0 Å². The van der Waals surface area contributed by atoms with Crippen LogP contribution in [0.1, 0.15) is 23.2 Å². The summed E-state index contributed by atoms with van der Waals surface area (Å²) in [5, 5.41) is 0. The molecule has 15 heavy (non-hydrogen) atoms. The number of hydrogen-bond donors (Lipinski definition) is 0. The third-order valence-electron chi connectivity index (χ3n) is 2.27. The molecule has 0 radical (unpaired) electrons. The lowest BCUT2D eigenvalue weighted by molar-refractivity contribution is 0.0979. The standard InChI is InChI=1S/C10H8F2O2S/c11-6-4-7-9(13)2-1-3-15(14)10(7)8(12)5-6/h4-5H,1-3H2. The second kappa shape index (κ2) is 3.81. The average Bonchev–Trinajstić information content (AvgIpc) is 2.27. The molecule has 1 heterocycles. The Morgan fingerprint density at radius 1 is 1.27 bits per heavy atom. The highest BCUT2D eigenvalue weighted by molar-refractivity contribution is 7.85. The molecular weight excluding hydrogens is 222 g/mol. The maximum absolute atomic E-state index is 13.4. The third-order valence-corrected chi connectivity index (χ3v) is 3.80. The number of rotatable bonds is 0. The van der Waals surface area contributed by atoms with Crippen molar-refractivity contribution in [1.82, 2.24) is 0 Å². The quantitative estimate of drug-likeness (QED) is 0.683. The number of carbonyl (C=O) groups is 1. The van der Waals surface area contributed by atoms with E-state index in [0.29, 0.717) is 12.5 Å². The number of fused-ring (bicyclic) bond motifs is 1. The third kappa shape index (κ3) is 1.84. The summed E-state index contributed by atoms with van der Waals surface area (Å²) < 4.78 is 37.8. The van der Waals surface area contributed by atoms with Crippen molar-refractivity contribution in [2.45, 2.75) is 17.7 Å². The fraction of sp³-hybridized carbons (Fsp3) is 0.300. The van der Waals surface area contributed by atoms with Gasteiger partial charge in [0.05, 0.1) is 15.7 Å². The molecule has 5 heteroatoms. The second-order valence-corrected chi connectivity index (χ2v) is 4.85. The molecule has 1 aliphatic heterocycles. The predicted molar refractivity (Wildman–Crippen MR) is 51.2 cm³/mol. The van der Waals surface area contributed by atoms with Crippen LogP contribution in [-0.2, 0) is 10.8 Å². The normalized spacial score (nSPS) is 20.9. The molecular formula is C10H8F2O2S. The van der Waals surface area contributed by atoms with Gasteiger partial charge in [0.2, 0.25) is 0 Å². The predicted octanol–water partition coefficient (Wildman–Crippen LogP) is 2.05. The molecule has 0 aliphatic carbocycles. The summed E-state index contributed by atoms with van der Waals surface area (Å²) in [6.07, 6.45) is 0.642. The van der Waals surface area contributed by atoms with Crippen LogP contribution in [0, 0.1) is 11.6 Å². The van der Waals surface area contributed by atoms with Crippen molar-refractivity contribution in [2.75, 3.05) is 5.75 Å². The van der Waals surface area contributed by atoms with Crippen LogP contribution in [0.15, 0.2) is 17.0 Å². The molecule has 2 nitrogen and oxygen atoms in total. The first-order valence-electron chi connectivity index (χ1n) is 4.50. The summed E-state index contributed by atoms with van der Waals surface area (Å²) in [6, 6.07) is 1.62. The van der Waals surface area contributed by atoms with Crippen molar-refractivity contribution in [3.05, 3.63) is 29.3 Å². The molecule has 1 aliphatic rings. The molecule has 0 fully saturated rings. The Balaban J connectivity index is 2.69. The molecule has 1 atom stereocenters. The van der Waals surface area contributed by atoms with Gasteiger partial charge >= 0.3 is 0 Å². The van der Waals surface area contributed by atoms with E-state index in [4.69, 9.17) is 0 Å². The van der Waals surface area contributed by atoms with Crippen LogP contribution in [0.3, 0.4) is 0 Å². The molecule has 0 saturated heterocycles. The Morgan fingerprint density at radius 2 is 2.00 bits per heavy atom. The highest BCUT2D eigenvalue weighted by atomic mass is 32.2. The Morgan fingerprint density at radius 3 is 2.73 bits per heavy atom. The second-order valence-electron chi connectivity index (χ2n) is 3.34. The van der Waals surface area contributed by atoms with E-state index in [2.05, 4.69) is 0 Å². The first-order chi connectivity index (χ1) is 7.09. The minimum Gasteiger partial charge on any atom is -0.294 e. The highest BCUT2D eigenvalue weighted by Crippen LogP contribution is 2.25. The summed E-state index contributed by atoms with van der Waals surface area (Å²) in [6.45, 7) is 0. The average molecular weight is 230 g/mol. The molecule has 0 spiro atoms. The van der Waals surface area contributed by atoms with Crippen LogP contribution in [0.25, 0.3) is 0 Å². The summed E-state index contributed by atoms with van der Waals surface area (Å²) >= 11 is 0. The van der Waals surface area contributed by atoms with Gasteiger partial charge in [0.25, 0.3) is 0 Å². The van der Waals surface area contributed by atoms with Crippen molar-refractivity contribution in [3.8, 4) is 0 Å². The van der Waals surface area contributed by atoms with E-state index in [1.54, 1.807) is 0 Å². The lowest BCUT2D eigenvalue weighted by atomic mass is 10.1. The van der Waals surface area contributed by atoms with Gasteiger partial charge in [-0.15, -0.1) is 0 Å². The van der Waals surface area contributed by atoms with Gasteiger partial charge in [0, 0.05) is 23.8 Å². The summed E-state index contributed by atoms with van der Waals surface area (Å²) in [7, 11) is -1.54. The Hall–Kier alpha value is -1.10. The van der Waals surface area contributed by atoms with Crippen molar-refractivity contribution in [3.63, 3.8) is 0 Å². The van der Waals surface area contributed by atoms with E-state index in [-0.39, 0.29) is 28.4 Å². The summed E-state index contributed by atoms with van der Waals surface area (Å²) in [4.78, 5) is 11.3. The van der Waals surface area contributed by atoms with Gasteiger partial charge in [0.1, 0.15) is 11.6 Å². The lowest BCUT2D eigenvalue weighted by Gasteiger charge is -2.05. The molecule has 80 valence electrons. The van der Waals surface area contributed by atoms with Gasteiger partial charge in [-0.05, 0) is 12.5 Å². The van der Waals surface area contributed by atoms with Crippen molar-refractivity contribution < 1.29 is 17.8 Å². The number of halogens is 2. The van der Waals surface area contributed by atoms with Gasteiger partial charge in [-0.2, -0.15) is 0 Å². The molecule has 0 bridgehead atoms. The van der Waals surface area contributed by atoms with Crippen LogP contribution in [-0.4, -0.2) is 15.7 Å². The van der Waals surface area contributed by atoms with Crippen LogP contribution in [0.2, 0.25) is 0 Å². The first kappa shape index (κ1) is 10.4. The molecule has 0 aromatic heterocycles. The zero-order valence-electron chi connectivity index (χ0n) is 7.76. The maximum atomic E-state index is 13.4. The minimum absolute atomic E-state index is 0.0664. The monoisotopic (exact) mass is 230 g/mol. The SMILES string of the molecule is O=C1CCCS(=O)c2c(F)cc(F)cc21. The van der Waals surface area contributed by atoms with Crippen LogP contribution in [0.4, 0.5) is 8.78 Å². The molecule has 1 aromatic rings. The Labute approximate surface area is 87.8 Å². The van der Waals surface area contributed by atoms with Crippen LogP contribution >= 0.6 is 0 Å². The number of hydrogen-bond acceptors (Lipinski definition) is 2. The smallest absolute Gasteiger partial charge is 0.164 e. The summed E-state index contributed by atoms with van der Waals surface area (Å²) in [5.74, 6) is -1.78. The zero-order chi connectivity index (χ0) is 11.0. The van der Waals surface area contributed by atoms with Gasteiger partial charge in [-0.1, -0.05) is 0 Å². The van der Waals surface area contributed by atoms with Crippen molar-refractivity contribution in [1.29, 1.82) is 0 Å². The molecule has 2 rings (SSSR count). The lowest BCUT2D eigenvalue weighted by Crippen LogP contribution is -2.05.